The Morgan fingerprint density at radius 3 is 2.73 bits per heavy atom. The molecule has 0 bridgehead atoms. The average Bonchev–Trinajstić information content (AvgIpc) is 3.38. The Labute approximate surface area is 179 Å². The topological polar surface area (TPSA) is 65.1 Å². The molecule has 0 aromatic rings. The zero-order valence-corrected chi connectivity index (χ0v) is 18.9. The third-order valence-corrected chi connectivity index (χ3v) is 9.77. The molecule has 5 nitrogen and oxygen atoms in total. The summed E-state index contributed by atoms with van der Waals surface area (Å²) in [6.45, 7) is 6.79. The Balaban J connectivity index is 1.38. The standard InChI is InChI=1S/C25H36O5/c1-15(26)29-17-7-10-23(2)16(13-17)5-6-18-19(23)8-11-24(3)20(18)14-22-25(24,30-22)21(27)9-12-28-4/h5,17-20,22H,6-14H2,1-4H3. The summed E-state index contributed by atoms with van der Waals surface area (Å²) in [6, 6.07) is 0. The lowest BCUT2D eigenvalue weighted by Gasteiger charge is -2.58. The Hall–Kier alpha value is -1.20. The Morgan fingerprint density at radius 2 is 2.00 bits per heavy atom. The van der Waals surface area contributed by atoms with E-state index in [1.165, 1.54) is 18.9 Å². The minimum Gasteiger partial charge on any atom is -0.462 e. The van der Waals surface area contributed by atoms with Crippen molar-refractivity contribution in [3.05, 3.63) is 11.6 Å². The molecule has 0 aromatic heterocycles. The van der Waals surface area contributed by atoms with Gasteiger partial charge in [0.25, 0.3) is 0 Å². The lowest BCUT2D eigenvalue weighted by molar-refractivity contribution is -0.149. The number of epoxide rings is 1. The molecule has 0 radical (unpaired) electrons. The van der Waals surface area contributed by atoms with Gasteiger partial charge in [0.15, 0.2) is 11.4 Å². The van der Waals surface area contributed by atoms with Gasteiger partial charge in [-0.25, -0.2) is 0 Å². The van der Waals surface area contributed by atoms with Crippen LogP contribution in [-0.4, -0.2) is 43.3 Å². The highest BCUT2D eigenvalue weighted by Gasteiger charge is 2.79. The van der Waals surface area contributed by atoms with E-state index < -0.39 is 5.60 Å². The quantitative estimate of drug-likeness (QED) is 0.381. The van der Waals surface area contributed by atoms with E-state index in [4.69, 9.17) is 14.2 Å². The minimum atomic E-state index is -0.543. The van der Waals surface area contributed by atoms with Crippen molar-refractivity contribution >= 4 is 11.8 Å². The van der Waals surface area contributed by atoms with Gasteiger partial charge in [0.1, 0.15) is 6.10 Å². The number of Topliss-reactive ketones (excluding diaryl/α,β-unsaturated/α-hetero) is 1. The van der Waals surface area contributed by atoms with E-state index in [-0.39, 0.29) is 34.8 Å². The molecule has 30 heavy (non-hydrogen) atoms. The molecular weight excluding hydrogens is 380 g/mol. The van der Waals surface area contributed by atoms with Crippen molar-refractivity contribution in [1.29, 1.82) is 0 Å². The molecule has 5 aliphatic rings. The van der Waals surface area contributed by atoms with Crippen LogP contribution in [0.1, 0.15) is 72.1 Å². The van der Waals surface area contributed by atoms with Crippen LogP contribution < -0.4 is 0 Å². The van der Waals surface area contributed by atoms with E-state index in [1.54, 1.807) is 7.11 Å². The second-order valence-corrected chi connectivity index (χ2v) is 10.9. The maximum atomic E-state index is 13.1. The molecule has 0 spiro atoms. The molecule has 4 aliphatic carbocycles. The molecule has 3 saturated carbocycles. The van der Waals surface area contributed by atoms with Crippen LogP contribution in [0.4, 0.5) is 0 Å². The Morgan fingerprint density at radius 1 is 1.20 bits per heavy atom. The van der Waals surface area contributed by atoms with E-state index in [0.29, 0.717) is 30.8 Å². The molecule has 5 rings (SSSR count). The Kier molecular flexibility index (Phi) is 4.76. The molecule has 5 heteroatoms. The van der Waals surface area contributed by atoms with Gasteiger partial charge in [0.2, 0.25) is 0 Å². The SMILES string of the molecule is COCCC(=O)C12OC1CC1C3CC=C4CC(OC(C)=O)CCC4(C)C3CCC12C. The van der Waals surface area contributed by atoms with E-state index in [9.17, 15) is 9.59 Å². The number of carbonyl (C=O) groups excluding carboxylic acids is 2. The zero-order chi connectivity index (χ0) is 21.3. The summed E-state index contributed by atoms with van der Waals surface area (Å²) in [6.07, 6.45) is 10.4. The molecule has 1 saturated heterocycles. The largest absolute Gasteiger partial charge is 0.462 e. The molecule has 4 fully saturated rings. The fourth-order valence-electron chi connectivity index (χ4n) is 8.26. The predicted molar refractivity (Wildman–Crippen MR) is 112 cm³/mol. The van der Waals surface area contributed by atoms with Gasteiger partial charge in [-0.05, 0) is 61.7 Å². The first kappa shape index (κ1) is 20.7. The number of methoxy groups -OCH3 is 1. The fourth-order valence-corrected chi connectivity index (χ4v) is 8.26. The van der Waals surface area contributed by atoms with E-state index in [0.717, 1.165) is 38.5 Å². The van der Waals surface area contributed by atoms with E-state index in [1.807, 2.05) is 0 Å². The van der Waals surface area contributed by atoms with Crippen molar-refractivity contribution in [2.24, 2.45) is 28.6 Å². The van der Waals surface area contributed by atoms with Crippen LogP contribution >= 0.6 is 0 Å². The number of ether oxygens (including phenoxy) is 3. The molecule has 8 atom stereocenters. The number of hydrogen-bond acceptors (Lipinski definition) is 5. The highest BCUT2D eigenvalue weighted by molar-refractivity contribution is 5.92. The number of rotatable bonds is 5. The highest BCUT2D eigenvalue weighted by atomic mass is 16.6. The van der Waals surface area contributed by atoms with Crippen LogP contribution in [0.5, 0.6) is 0 Å². The lowest BCUT2D eigenvalue weighted by atomic mass is 9.47. The van der Waals surface area contributed by atoms with Gasteiger partial charge >= 0.3 is 5.97 Å². The van der Waals surface area contributed by atoms with Gasteiger partial charge in [-0.15, -0.1) is 0 Å². The summed E-state index contributed by atoms with van der Waals surface area (Å²) < 4.78 is 16.9. The van der Waals surface area contributed by atoms with Crippen molar-refractivity contribution in [2.45, 2.75) is 89.9 Å². The molecule has 8 unspecified atom stereocenters. The monoisotopic (exact) mass is 416 g/mol. The smallest absolute Gasteiger partial charge is 0.302 e. The summed E-state index contributed by atoms with van der Waals surface area (Å²) in [7, 11) is 1.66. The fraction of sp³-hybridized carbons (Fsp3) is 0.840. The second-order valence-electron chi connectivity index (χ2n) is 10.9. The normalized spacial score (nSPS) is 48.5. The van der Waals surface area contributed by atoms with Crippen LogP contribution in [0.25, 0.3) is 0 Å². The van der Waals surface area contributed by atoms with Crippen molar-refractivity contribution in [3.63, 3.8) is 0 Å². The molecule has 166 valence electrons. The van der Waals surface area contributed by atoms with Gasteiger partial charge in [0.05, 0.1) is 12.7 Å². The van der Waals surface area contributed by atoms with Crippen molar-refractivity contribution in [1.82, 2.24) is 0 Å². The summed E-state index contributed by atoms with van der Waals surface area (Å²) in [5.74, 6) is 1.95. The number of hydrogen-bond donors (Lipinski definition) is 0. The van der Waals surface area contributed by atoms with Crippen LogP contribution in [0.2, 0.25) is 0 Å². The lowest BCUT2D eigenvalue weighted by Crippen LogP contribution is -2.54. The van der Waals surface area contributed by atoms with Gasteiger partial charge in [-0.1, -0.05) is 25.5 Å². The first-order chi connectivity index (χ1) is 14.3. The van der Waals surface area contributed by atoms with Gasteiger partial charge in [-0.2, -0.15) is 0 Å². The maximum absolute atomic E-state index is 13.1. The Bertz CT molecular complexity index is 788. The number of esters is 1. The molecule has 0 N–H and O–H groups in total. The summed E-state index contributed by atoms with van der Waals surface area (Å²) in [4.78, 5) is 24.6. The predicted octanol–water partition coefficient (Wildman–Crippen LogP) is 4.23. The van der Waals surface area contributed by atoms with Crippen LogP contribution in [-0.2, 0) is 23.8 Å². The third-order valence-electron chi connectivity index (χ3n) is 9.77. The van der Waals surface area contributed by atoms with E-state index in [2.05, 4.69) is 19.9 Å². The molecule has 1 heterocycles. The van der Waals surface area contributed by atoms with Crippen LogP contribution in [0.3, 0.4) is 0 Å². The molecular formula is C25H36O5. The van der Waals surface area contributed by atoms with Gasteiger partial charge < -0.3 is 14.2 Å². The first-order valence-electron chi connectivity index (χ1n) is 11.8. The zero-order valence-electron chi connectivity index (χ0n) is 18.9. The molecule has 1 aliphatic heterocycles. The van der Waals surface area contributed by atoms with Crippen molar-refractivity contribution in [3.8, 4) is 0 Å². The van der Waals surface area contributed by atoms with Crippen LogP contribution in [0.15, 0.2) is 11.6 Å². The van der Waals surface area contributed by atoms with Crippen LogP contribution in [0, 0.1) is 28.6 Å². The number of allylic oxidation sites excluding steroid dienone is 1. The maximum Gasteiger partial charge on any atom is 0.302 e. The third kappa shape index (κ3) is 2.67. The molecule has 0 aromatic carbocycles. The van der Waals surface area contributed by atoms with E-state index >= 15 is 0 Å². The van der Waals surface area contributed by atoms with Gasteiger partial charge in [-0.3, -0.25) is 9.59 Å². The van der Waals surface area contributed by atoms with Gasteiger partial charge in [0, 0.05) is 32.3 Å². The minimum absolute atomic E-state index is 0.0414. The summed E-state index contributed by atoms with van der Waals surface area (Å²) in [5.41, 5.74) is 1.14. The molecule has 0 amide bonds. The summed E-state index contributed by atoms with van der Waals surface area (Å²) in [5, 5.41) is 0. The first-order valence-corrected chi connectivity index (χ1v) is 11.8. The second kappa shape index (κ2) is 6.90. The van der Waals surface area contributed by atoms with Crippen molar-refractivity contribution < 1.29 is 23.8 Å². The number of carbonyl (C=O) groups is 2. The number of fused-ring (bicyclic) bond motifs is 7. The van der Waals surface area contributed by atoms with Crippen molar-refractivity contribution in [2.75, 3.05) is 13.7 Å². The number of ketones is 1. The highest BCUT2D eigenvalue weighted by Crippen LogP contribution is 2.73. The summed E-state index contributed by atoms with van der Waals surface area (Å²) >= 11 is 0. The average molecular weight is 417 g/mol.